The second-order valence-electron chi connectivity index (χ2n) is 5.23. The van der Waals surface area contributed by atoms with Crippen molar-refractivity contribution in [3.63, 3.8) is 0 Å². The van der Waals surface area contributed by atoms with E-state index in [9.17, 15) is 5.11 Å². The summed E-state index contributed by atoms with van der Waals surface area (Å²) in [5, 5.41) is 10.4. The molecule has 0 saturated heterocycles. The highest BCUT2D eigenvalue weighted by atomic mass is 16.5. The molecule has 2 rings (SSSR count). The standard InChI is InChI=1S/C18H23NO3/c1-3-21-15-9-11-16(12-10-15)22-18(2,17(20)13-19)14-7-5-4-6-8-14/h4-12,17,20H,3,13,19H2,1-2H3. The van der Waals surface area contributed by atoms with E-state index in [1.807, 2.05) is 68.4 Å². The maximum atomic E-state index is 10.4. The van der Waals surface area contributed by atoms with Crippen molar-refractivity contribution in [1.29, 1.82) is 0 Å². The number of ether oxygens (including phenoxy) is 2. The molecule has 2 atom stereocenters. The zero-order valence-corrected chi connectivity index (χ0v) is 13.0. The van der Waals surface area contributed by atoms with Crippen LogP contribution in [0.3, 0.4) is 0 Å². The molecule has 0 radical (unpaired) electrons. The molecule has 22 heavy (non-hydrogen) atoms. The summed E-state index contributed by atoms with van der Waals surface area (Å²) in [5.74, 6) is 1.44. The van der Waals surface area contributed by atoms with Crippen molar-refractivity contribution in [1.82, 2.24) is 0 Å². The molecule has 0 aliphatic heterocycles. The molecular formula is C18H23NO3. The van der Waals surface area contributed by atoms with Crippen molar-refractivity contribution in [2.75, 3.05) is 13.2 Å². The summed E-state index contributed by atoms with van der Waals surface area (Å²) in [6.45, 7) is 4.51. The Morgan fingerprint density at radius 1 is 1.05 bits per heavy atom. The molecule has 0 aliphatic rings. The van der Waals surface area contributed by atoms with Crippen LogP contribution in [0.25, 0.3) is 0 Å². The summed E-state index contributed by atoms with van der Waals surface area (Å²) in [7, 11) is 0. The predicted octanol–water partition coefficient (Wildman–Crippen LogP) is 2.70. The Bertz CT molecular complexity index is 571. The van der Waals surface area contributed by atoms with Crippen LogP contribution in [0.5, 0.6) is 11.5 Å². The van der Waals surface area contributed by atoms with Crippen molar-refractivity contribution in [2.24, 2.45) is 5.73 Å². The molecule has 0 spiro atoms. The minimum absolute atomic E-state index is 0.114. The molecule has 0 heterocycles. The van der Waals surface area contributed by atoms with Gasteiger partial charge in [-0.15, -0.1) is 0 Å². The van der Waals surface area contributed by atoms with Gasteiger partial charge in [-0.2, -0.15) is 0 Å². The van der Waals surface area contributed by atoms with Crippen molar-refractivity contribution < 1.29 is 14.6 Å². The van der Waals surface area contributed by atoms with Crippen LogP contribution in [-0.4, -0.2) is 24.4 Å². The fraction of sp³-hybridized carbons (Fsp3) is 0.333. The molecule has 118 valence electrons. The van der Waals surface area contributed by atoms with Gasteiger partial charge in [0.2, 0.25) is 0 Å². The van der Waals surface area contributed by atoms with E-state index in [-0.39, 0.29) is 6.54 Å². The van der Waals surface area contributed by atoms with Gasteiger partial charge in [0, 0.05) is 6.54 Å². The van der Waals surface area contributed by atoms with Crippen LogP contribution < -0.4 is 15.2 Å². The Labute approximate surface area is 131 Å². The number of rotatable bonds is 7. The van der Waals surface area contributed by atoms with Crippen molar-refractivity contribution in [3.05, 3.63) is 60.2 Å². The van der Waals surface area contributed by atoms with Gasteiger partial charge in [-0.25, -0.2) is 0 Å². The minimum Gasteiger partial charge on any atom is -0.494 e. The van der Waals surface area contributed by atoms with Crippen LogP contribution in [0.1, 0.15) is 19.4 Å². The molecule has 2 unspecified atom stereocenters. The number of hydrogen-bond donors (Lipinski definition) is 2. The van der Waals surface area contributed by atoms with Gasteiger partial charge < -0.3 is 20.3 Å². The van der Waals surface area contributed by atoms with Gasteiger partial charge >= 0.3 is 0 Å². The smallest absolute Gasteiger partial charge is 0.158 e. The van der Waals surface area contributed by atoms with Gasteiger partial charge in [-0.1, -0.05) is 30.3 Å². The molecular weight excluding hydrogens is 278 g/mol. The second-order valence-corrected chi connectivity index (χ2v) is 5.23. The maximum absolute atomic E-state index is 10.4. The molecule has 0 fully saturated rings. The van der Waals surface area contributed by atoms with Crippen molar-refractivity contribution >= 4 is 0 Å². The molecule has 0 saturated carbocycles. The van der Waals surface area contributed by atoms with E-state index in [1.165, 1.54) is 0 Å². The van der Waals surface area contributed by atoms with Gasteiger partial charge in [0.25, 0.3) is 0 Å². The SMILES string of the molecule is CCOc1ccc(OC(C)(c2ccccc2)C(O)CN)cc1. The first kappa shape index (κ1) is 16.3. The summed E-state index contributed by atoms with van der Waals surface area (Å²) in [6, 6.07) is 17.0. The summed E-state index contributed by atoms with van der Waals surface area (Å²) in [6.07, 6.45) is -0.818. The number of nitrogens with two attached hydrogens (primary N) is 1. The van der Waals surface area contributed by atoms with Crippen LogP contribution in [0.2, 0.25) is 0 Å². The number of aliphatic hydroxyl groups excluding tert-OH is 1. The molecule has 0 aliphatic carbocycles. The third-order valence-corrected chi connectivity index (χ3v) is 3.67. The van der Waals surface area contributed by atoms with E-state index in [0.717, 1.165) is 11.3 Å². The van der Waals surface area contributed by atoms with E-state index in [1.54, 1.807) is 0 Å². The average Bonchev–Trinajstić information content (AvgIpc) is 2.57. The van der Waals surface area contributed by atoms with Crippen LogP contribution in [0, 0.1) is 0 Å². The predicted molar refractivity (Wildman–Crippen MR) is 87.1 cm³/mol. The van der Waals surface area contributed by atoms with Gasteiger partial charge in [0.15, 0.2) is 5.60 Å². The Morgan fingerprint density at radius 3 is 2.18 bits per heavy atom. The first-order chi connectivity index (χ1) is 10.6. The van der Waals surface area contributed by atoms with Crippen molar-refractivity contribution in [3.8, 4) is 11.5 Å². The third-order valence-electron chi connectivity index (χ3n) is 3.67. The fourth-order valence-electron chi connectivity index (χ4n) is 2.33. The topological polar surface area (TPSA) is 64.7 Å². The van der Waals surface area contributed by atoms with Crippen molar-refractivity contribution in [2.45, 2.75) is 25.6 Å². The van der Waals surface area contributed by atoms with Crippen LogP contribution in [0.4, 0.5) is 0 Å². The lowest BCUT2D eigenvalue weighted by atomic mass is 9.89. The van der Waals surface area contributed by atoms with E-state index >= 15 is 0 Å². The molecule has 3 N–H and O–H groups in total. The zero-order valence-electron chi connectivity index (χ0n) is 13.0. The average molecular weight is 301 g/mol. The normalized spacial score (nSPS) is 14.9. The van der Waals surface area contributed by atoms with Gasteiger partial charge in [0.05, 0.1) is 6.61 Å². The van der Waals surface area contributed by atoms with Gasteiger partial charge in [-0.3, -0.25) is 0 Å². The highest BCUT2D eigenvalue weighted by molar-refractivity contribution is 5.33. The lowest BCUT2D eigenvalue weighted by Gasteiger charge is -2.35. The maximum Gasteiger partial charge on any atom is 0.158 e. The monoisotopic (exact) mass is 301 g/mol. The second kappa shape index (κ2) is 7.29. The first-order valence-electron chi connectivity index (χ1n) is 7.45. The molecule has 4 heteroatoms. The zero-order chi connectivity index (χ0) is 16.0. The first-order valence-corrected chi connectivity index (χ1v) is 7.45. The molecule has 0 bridgehead atoms. The Balaban J connectivity index is 2.27. The Hall–Kier alpha value is -2.04. The number of hydrogen-bond acceptors (Lipinski definition) is 4. The van der Waals surface area contributed by atoms with E-state index in [4.69, 9.17) is 15.2 Å². The molecule has 2 aromatic carbocycles. The quantitative estimate of drug-likeness (QED) is 0.825. The summed E-state index contributed by atoms with van der Waals surface area (Å²) < 4.78 is 11.5. The highest BCUT2D eigenvalue weighted by Crippen LogP contribution is 2.32. The summed E-state index contributed by atoms with van der Waals surface area (Å²) in [4.78, 5) is 0. The largest absolute Gasteiger partial charge is 0.494 e. The molecule has 0 amide bonds. The number of aliphatic hydroxyl groups is 1. The van der Waals surface area contributed by atoms with E-state index in [0.29, 0.717) is 12.4 Å². The fourth-order valence-corrected chi connectivity index (χ4v) is 2.33. The summed E-state index contributed by atoms with van der Waals surface area (Å²) in [5.41, 5.74) is 5.63. The molecule has 4 nitrogen and oxygen atoms in total. The van der Waals surface area contributed by atoms with Gasteiger partial charge in [0.1, 0.15) is 17.6 Å². The van der Waals surface area contributed by atoms with Crippen LogP contribution >= 0.6 is 0 Å². The Kier molecular flexibility index (Phi) is 5.41. The third kappa shape index (κ3) is 3.59. The van der Waals surface area contributed by atoms with Gasteiger partial charge in [-0.05, 0) is 43.7 Å². The molecule has 0 aromatic heterocycles. The lowest BCUT2D eigenvalue weighted by Crippen LogP contribution is -2.46. The van der Waals surface area contributed by atoms with Crippen LogP contribution in [0.15, 0.2) is 54.6 Å². The highest BCUT2D eigenvalue weighted by Gasteiger charge is 2.36. The molecule has 2 aromatic rings. The van der Waals surface area contributed by atoms with E-state index < -0.39 is 11.7 Å². The van der Waals surface area contributed by atoms with E-state index in [2.05, 4.69) is 0 Å². The number of benzene rings is 2. The minimum atomic E-state index is -0.914. The Morgan fingerprint density at radius 2 is 1.64 bits per heavy atom. The van der Waals surface area contributed by atoms with Crippen LogP contribution in [-0.2, 0) is 5.60 Å². The summed E-state index contributed by atoms with van der Waals surface area (Å²) >= 11 is 0. The lowest BCUT2D eigenvalue weighted by molar-refractivity contribution is -0.0410.